The molecule has 1 aromatic carbocycles. The Labute approximate surface area is 75.3 Å². The zero-order valence-corrected chi connectivity index (χ0v) is 7.19. The highest BCUT2D eigenvalue weighted by atomic mass is 32.2. The van der Waals surface area contributed by atoms with Gasteiger partial charge in [-0.25, -0.2) is 0 Å². The van der Waals surface area contributed by atoms with Crippen LogP contribution < -0.4 is 15.2 Å². The van der Waals surface area contributed by atoms with Crippen LogP contribution in [0.4, 0.5) is 0 Å². The lowest BCUT2D eigenvalue weighted by Gasteiger charge is -2.00. The van der Waals surface area contributed by atoms with Crippen molar-refractivity contribution in [2.75, 3.05) is 0 Å². The molecule has 12 heavy (non-hydrogen) atoms. The van der Waals surface area contributed by atoms with Gasteiger partial charge >= 0.3 is 0 Å². The summed E-state index contributed by atoms with van der Waals surface area (Å²) in [5.41, 5.74) is 7.76. The fraction of sp³-hybridized carbons (Fsp3) is 0. The fourth-order valence-corrected chi connectivity index (χ4v) is 1.65. The molecule has 62 valence electrons. The molecule has 0 atom stereocenters. The normalized spacial score (nSPS) is 15.7. The standard InChI is InChI=1S/C8H9N3S/c9-8-7(10-12-11-8)6-4-2-1-3-5-6/h1-5,10-11H,9H2. The van der Waals surface area contributed by atoms with Gasteiger partial charge in [-0.2, -0.15) is 0 Å². The Morgan fingerprint density at radius 2 is 1.83 bits per heavy atom. The Bertz CT molecular complexity index is 307. The van der Waals surface area contributed by atoms with Crippen molar-refractivity contribution in [1.82, 2.24) is 9.44 Å². The summed E-state index contributed by atoms with van der Waals surface area (Å²) >= 11 is 1.39. The van der Waals surface area contributed by atoms with Gasteiger partial charge in [0.15, 0.2) is 0 Å². The van der Waals surface area contributed by atoms with Crippen molar-refractivity contribution in [3.63, 3.8) is 0 Å². The zero-order valence-electron chi connectivity index (χ0n) is 6.37. The zero-order chi connectivity index (χ0) is 8.39. The van der Waals surface area contributed by atoms with Gasteiger partial charge in [0, 0.05) is 5.56 Å². The Morgan fingerprint density at radius 1 is 1.08 bits per heavy atom. The molecule has 1 heterocycles. The molecule has 0 amide bonds. The van der Waals surface area contributed by atoms with Crippen LogP contribution in [-0.2, 0) is 0 Å². The molecule has 0 aromatic heterocycles. The molecule has 2 rings (SSSR count). The predicted octanol–water partition coefficient (Wildman–Crippen LogP) is 1.03. The first kappa shape index (κ1) is 7.36. The number of nitrogens with one attached hydrogen (secondary N) is 2. The van der Waals surface area contributed by atoms with Crippen LogP contribution in [0.1, 0.15) is 5.56 Å². The summed E-state index contributed by atoms with van der Waals surface area (Å²) in [6.07, 6.45) is 0. The number of rotatable bonds is 1. The van der Waals surface area contributed by atoms with Crippen molar-refractivity contribution in [2.45, 2.75) is 0 Å². The van der Waals surface area contributed by atoms with Crippen molar-refractivity contribution >= 4 is 17.8 Å². The lowest BCUT2D eigenvalue weighted by Crippen LogP contribution is -2.08. The molecule has 0 aliphatic carbocycles. The molecule has 4 heteroatoms. The van der Waals surface area contributed by atoms with Gasteiger partial charge in [0.2, 0.25) is 0 Å². The highest BCUT2D eigenvalue weighted by molar-refractivity contribution is 7.96. The van der Waals surface area contributed by atoms with Crippen LogP contribution in [0.2, 0.25) is 0 Å². The summed E-state index contributed by atoms with van der Waals surface area (Å²) in [6, 6.07) is 9.99. The van der Waals surface area contributed by atoms with Gasteiger partial charge in [0.25, 0.3) is 0 Å². The summed E-state index contributed by atoms with van der Waals surface area (Å²) in [6.45, 7) is 0. The number of hydrogen-bond acceptors (Lipinski definition) is 4. The topological polar surface area (TPSA) is 50.1 Å². The largest absolute Gasteiger partial charge is 0.383 e. The van der Waals surface area contributed by atoms with Crippen molar-refractivity contribution in [2.24, 2.45) is 5.73 Å². The van der Waals surface area contributed by atoms with E-state index in [9.17, 15) is 0 Å². The van der Waals surface area contributed by atoms with Gasteiger partial charge < -0.3 is 10.5 Å². The minimum absolute atomic E-state index is 0.686. The molecule has 1 aromatic rings. The number of benzene rings is 1. The van der Waals surface area contributed by atoms with Gasteiger partial charge in [-0.3, -0.25) is 4.72 Å². The van der Waals surface area contributed by atoms with E-state index in [1.165, 1.54) is 12.1 Å². The molecule has 0 fully saturated rings. The summed E-state index contributed by atoms with van der Waals surface area (Å²) in [5.74, 6) is 0.686. The first-order valence-corrected chi connectivity index (χ1v) is 4.42. The van der Waals surface area contributed by atoms with Gasteiger partial charge in [-0.05, 0) is 0 Å². The van der Waals surface area contributed by atoms with E-state index >= 15 is 0 Å². The second-order valence-corrected chi connectivity index (χ2v) is 3.07. The van der Waals surface area contributed by atoms with Gasteiger partial charge in [0.05, 0.1) is 17.8 Å². The maximum absolute atomic E-state index is 5.70. The van der Waals surface area contributed by atoms with E-state index in [0.29, 0.717) is 5.82 Å². The third-order valence-corrected chi connectivity index (χ3v) is 2.27. The highest BCUT2D eigenvalue weighted by Crippen LogP contribution is 2.19. The Hall–Kier alpha value is -1.29. The van der Waals surface area contributed by atoms with Crippen LogP contribution in [0.25, 0.3) is 5.70 Å². The second-order valence-electron chi connectivity index (χ2n) is 2.46. The maximum atomic E-state index is 5.70. The minimum Gasteiger partial charge on any atom is -0.383 e. The average molecular weight is 179 g/mol. The molecule has 0 saturated heterocycles. The van der Waals surface area contributed by atoms with Crippen LogP contribution in [0.3, 0.4) is 0 Å². The van der Waals surface area contributed by atoms with E-state index in [1.54, 1.807) is 0 Å². The molecule has 0 spiro atoms. The molecule has 1 aliphatic heterocycles. The second kappa shape index (κ2) is 2.98. The number of hydrogen-bond donors (Lipinski definition) is 3. The molecule has 0 bridgehead atoms. The van der Waals surface area contributed by atoms with Crippen LogP contribution in [0.15, 0.2) is 36.2 Å². The average Bonchev–Trinajstić information content (AvgIpc) is 2.53. The summed E-state index contributed by atoms with van der Waals surface area (Å²) in [5, 5.41) is 0. The SMILES string of the molecule is NC1=C(c2ccccc2)NSN1. The molecule has 0 saturated carbocycles. The molecule has 1 aliphatic rings. The van der Waals surface area contributed by atoms with E-state index in [-0.39, 0.29) is 0 Å². The molecule has 0 unspecified atom stereocenters. The first-order chi connectivity index (χ1) is 5.88. The monoisotopic (exact) mass is 179 g/mol. The van der Waals surface area contributed by atoms with Gasteiger partial charge in [-0.1, -0.05) is 30.3 Å². The highest BCUT2D eigenvalue weighted by Gasteiger charge is 2.11. The van der Waals surface area contributed by atoms with E-state index in [1.807, 2.05) is 30.3 Å². The molecule has 4 N–H and O–H groups in total. The smallest absolute Gasteiger partial charge is 0.133 e. The lowest BCUT2D eigenvalue weighted by atomic mass is 10.2. The molecular formula is C8H9N3S. The quantitative estimate of drug-likeness (QED) is 0.563. The van der Waals surface area contributed by atoms with E-state index in [0.717, 1.165) is 11.3 Å². The summed E-state index contributed by atoms with van der Waals surface area (Å²) < 4.78 is 6.01. The predicted molar refractivity (Wildman–Crippen MR) is 51.4 cm³/mol. The third-order valence-electron chi connectivity index (χ3n) is 1.65. The molecular weight excluding hydrogens is 170 g/mol. The van der Waals surface area contributed by atoms with Crippen molar-refractivity contribution < 1.29 is 0 Å². The van der Waals surface area contributed by atoms with Crippen molar-refractivity contribution in [1.29, 1.82) is 0 Å². The number of nitrogens with two attached hydrogens (primary N) is 1. The Morgan fingerprint density at radius 3 is 2.42 bits per heavy atom. The van der Waals surface area contributed by atoms with Crippen LogP contribution in [-0.4, -0.2) is 0 Å². The van der Waals surface area contributed by atoms with E-state index < -0.39 is 0 Å². The maximum Gasteiger partial charge on any atom is 0.133 e. The van der Waals surface area contributed by atoms with Crippen LogP contribution in [0, 0.1) is 0 Å². The van der Waals surface area contributed by atoms with Gasteiger partial charge in [0.1, 0.15) is 5.82 Å². The van der Waals surface area contributed by atoms with E-state index in [4.69, 9.17) is 5.73 Å². The third kappa shape index (κ3) is 1.21. The first-order valence-electron chi connectivity index (χ1n) is 3.61. The molecule has 0 radical (unpaired) electrons. The van der Waals surface area contributed by atoms with E-state index in [2.05, 4.69) is 9.44 Å². The van der Waals surface area contributed by atoms with Crippen molar-refractivity contribution in [3.8, 4) is 0 Å². The minimum atomic E-state index is 0.686. The fourth-order valence-electron chi connectivity index (χ4n) is 1.06. The summed E-state index contributed by atoms with van der Waals surface area (Å²) in [7, 11) is 0. The summed E-state index contributed by atoms with van der Waals surface area (Å²) in [4.78, 5) is 0. The van der Waals surface area contributed by atoms with Gasteiger partial charge in [-0.15, -0.1) is 0 Å². The van der Waals surface area contributed by atoms with Crippen LogP contribution in [0.5, 0.6) is 0 Å². The Balaban J connectivity index is 2.37. The van der Waals surface area contributed by atoms with Crippen LogP contribution >= 0.6 is 12.1 Å². The molecule has 3 nitrogen and oxygen atoms in total. The Kier molecular flexibility index (Phi) is 1.83. The lowest BCUT2D eigenvalue weighted by molar-refractivity contribution is 1.18. The van der Waals surface area contributed by atoms with Crippen molar-refractivity contribution in [3.05, 3.63) is 41.7 Å².